The van der Waals surface area contributed by atoms with Crippen molar-refractivity contribution in [2.45, 2.75) is 31.2 Å². The van der Waals surface area contributed by atoms with Crippen molar-refractivity contribution < 1.29 is 9.90 Å². The number of carbonyl (C=O) groups is 1. The van der Waals surface area contributed by atoms with E-state index in [1.54, 1.807) is 0 Å². The van der Waals surface area contributed by atoms with Crippen LogP contribution >= 0.6 is 0 Å². The molecule has 0 unspecified atom stereocenters. The molecule has 1 aliphatic carbocycles. The first-order valence-electron chi connectivity index (χ1n) is 5.90. The maximum Gasteiger partial charge on any atom is 0.220 e. The summed E-state index contributed by atoms with van der Waals surface area (Å²) < 4.78 is 0. The van der Waals surface area contributed by atoms with Gasteiger partial charge in [0.2, 0.25) is 5.91 Å². The van der Waals surface area contributed by atoms with Gasteiger partial charge < -0.3 is 16.2 Å². The highest BCUT2D eigenvalue weighted by Gasteiger charge is 2.43. The first-order chi connectivity index (χ1) is 8.15. The van der Waals surface area contributed by atoms with E-state index in [2.05, 4.69) is 5.32 Å². The Morgan fingerprint density at radius 2 is 2.12 bits per heavy atom. The number of para-hydroxylation sites is 1. The number of hydrogen-bond acceptors (Lipinski definition) is 3. The van der Waals surface area contributed by atoms with E-state index in [-0.39, 0.29) is 18.1 Å². The summed E-state index contributed by atoms with van der Waals surface area (Å²) in [5.41, 5.74) is 7.20. The van der Waals surface area contributed by atoms with Gasteiger partial charge in [-0.2, -0.15) is 0 Å². The number of nitrogens with one attached hydrogen (secondary N) is 1. The molecule has 1 aliphatic rings. The summed E-state index contributed by atoms with van der Waals surface area (Å²) in [7, 11) is 0. The fourth-order valence-corrected chi connectivity index (χ4v) is 1.84. The van der Waals surface area contributed by atoms with Gasteiger partial charge in [-0.1, -0.05) is 18.2 Å². The van der Waals surface area contributed by atoms with E-state index in [1.165, 1.54) is 0 Å². The normalized spacial score (nSPS) is 16.5. The first-order valence-corrected chi connectivity index (χ1v) is 5.90. The maximum atomic E-state index is 11.7. The number of rotatable bonds is 5. The number of nitrogens with two attached hydrogens (primary N) is 1. The van der Waals surface area contributed by atoms with E-state index in [0.717, 1.165) is 24.1 Å². The highest BCUT2D eigenvalue weighted by atomic mass is 16.3. The van der Waals surface area contributed by atoms with Crippen molar-refractivity contribution in [2.24, 2.45) is 0 Å². The van der Waals surface area contributed by atoms with Crippen LogP contribution in [0.25, 0.3) is 0 Å². The third-order valence-electron chi connectivity index (χ3n) is 3.24. The Balaban J connectivity index is 1.82. The SMILES string of the molecule is Nc1ccccc1CCC(=O)NC1(CO)CC1. The number of aryl methyl sites for hydroxylation is 1. The second-order valence-electron chi connectivity index (χ2n) is 4.69. The van der Waals surface area contributed by atoms with Crippen molar-refractivity contribution in [3.05, 3.63) is 29.8 Å². The van der Waals surface area contributed by atoms with Gasteiger partial charge in [0.05, 0.1) is 12.1 Å². The third-order valence-corrected chi connectivity index (χ3v) is 3.24. The van der Waals surface area contributed by atoms with E-state index in [1.807, 2.05) is 24.3 Å². The Labute approximate surface area is 101 Å². The monoisotopic (exact) mass is 234 g/mol. The van der Waals surface area contributed by atoms with Crippen molar-refractivity contribution in [3.63, 3.8) is 0 Å². The molecule has 1 saturated carbocycles. The number of aliphatic hydroxyl groups is 1. The van der Waals surface area contributed by atoms with Gasteiger partial charge in [0.1, 0.15) is 0 Å². The van der Waals surface area contributed by atoms with Crippen molar-refractivity contribution in [2.75, 3.05) is 12.3 Å². The average Bonchev–Trinajstić information content (AvgIpc) is 3.08. The lowest BCUT2D eigenvalue weighted by Crippen LogP contribution is -2.39. The van der Waals surface area contributed by atoms with Crippen LogP contribution in [-0.2, 0) is 11.2 Å². The van der Waals surface area contributed by atoms with Gasteiger partial charge in [0.25, 0.3) is 0 Å². The molecule has 4 heteroatoms. The lowest BCUT2D eigenvalue weighted by Gasteiger charge is -2.14. The molecular formula is C13H18N2O2. The van der Waals surface area contributed by atoms with Gasteiger partial charge >= 0.3 is 0 Å². The molecule has 17 heavy (non-hydrogen) atoms. The lowest BCUT2D eigenvalue weighted by atomic mass is 10.1. The Kier molecular flexibility index (Phi) is 3.33. The van der Waals surface area contributed by atoms with Crippen LogP contribution in [0.1, 0.15) is 24.8 Å². The Hall–Kier alpha value is -1.55. The van der Waals surface area contributed by atoms with Crippen LogP contribution in [0.4, 0.5) is 5.69 Å². The zero-order valence-electron chi connectivity index (χ0n) is 9.78. The number of carbonyl (C=O) groups excluding carboxylic acids is 1. The zero-order valence-corrected chi connectivity index (χ0v) is 9.78. The summed E-state index contributed by atoms with van der Waals surface area (Å²) in [5, 5.41) is 12.0. The van der Waals surface area contributed by atoms with E-state index >= 15 is 0 Å². The van der Waals surface area contributed by atoms with Gasteiger partial charge in [-0.15, -0.1) is 0 Å². The molecule has 1 fully saturated rings. The second-order valence-corrected chi connectivity index (χ2v) is 4.69. The molecule has 0 spiro atoms. The highest BCUT2D eigenvalue weighted by molar-refractivity contribution is 5.77. The van der Waals surface area contributed by atoms with Crippen LogP contribution in [-0.4, -0.2) is 23.2 Å². The van der Waals surface area contributed by atoms with Gasteiger partial charge in [-0.25, -0.2) is 0 Å². The molecule has 2 rings (SSSR count). The fraction of sp³-hybridized carbons (Fsp3) is 0.462. The largest absolute Gasteiger partial charge is 0.399 e. The van der Waals surface area contributed by atoms with Crippen LogP contribution in [0.3, 0.4) is 0 Å². The molecule has 4 N–H and O–H groups in total. The van der Waals surface area contributed by atoms with Crippen LogP contribution in [0.5, 0.6) is 0 Å². The smallest absolute Gasteiger partial charge is 0.220 e. The summed E-state index contributed by atoms with van der Waals surface area (Å²) in [5.74, 6) is -0.0141. The minimum atomic E-state index is -0.320. The maximum absolute atomic E-state index is 11.7. The molecule has 0 aromatic heterocycles. The lowest BCUT2D eigenvalue weighted by molar-refractivity contribution is -0.122. The topological polar surface area (TPSA) is 75.4 Å². The van der Waals surface area contributed by atoms with Crippen LogP contribution in [0, 0.1) is 0 Å². The Morgan fingerprint density at radius 1 is 1.41 bits per heavy atom. The molecular weight excluding hydrogens is 216 g/mol. The first kappa shape index (κ1) is 11.9. The number of nitrogen functional groups attached to an aromatic ring is 1. The van der Waals surface area contributed by atoms with Crippen LogP contribution < -0.4 is 11.1 Å². The molecule has 0 radical (unpaired) electrons. The number of hydrogen-bond donors (Lipinski definition) is 3. The number of amides is 1. The fourth-order valence-electron chi connectivity index (χ4n) is 1.84. The van der Waals surface area contributed by atoms with Crippen molar-refractivity contribution in [3.8, 4) is 0 Å². The number of aliphatic hydroxyl groups excluding tert-OH is 1. The summed E-state index contributed by atoms with van der Waals surface area (Å²) in [6.45, 7) is 0.0339. The van der Waals surface area contributed by atoms with E-state index < -0.39 is 0 Å². The van der Waals surface area contributed by atoms with E-state index in [0.29, 0.717) is 12.8 Å². The van der Waals surface area contributed by atoms with Crippen molar-refractivity contribution in [1.29, 1.82) is 0 Å². The minimum Gasteiger partial charge on any atom is -0.399 e. The molecule has 0 atom stereocenters. The van der Waals surface area contributed by atoms with Gasteiger partial charge in [0, 0.05) is 12.1 Å². The van der Waals surface area contributed by atoms with Crippen LogP contribution in [0.15, 0.2) is 24.3 Å². The predicted octanol–water partition coefficient (Wildman–Crippen LogP) is 0.842. The summed E-state index contributed by atoms with van der Waals surface area (Å²) in [6.07, 6.45) is 2.81. The molecule has 0 aliphatic heterocycles. The van der Waals surface area contributed by atoms with Crippen molar-refractivity contribution in [1.82, 2.24) is 5.32 Å². The van der Waals surface area contributed by atoms with Gasteiger partial charge in [-0.3, -0.25) is 4.79 Å². The summed E-state index contributed by atoms with van der Waals surface area (Å²) >= 11 is 0. The Morgan fingerprint density at radius 3 is 2.71 bits per heavy atom. The summed E-state index contributed by atoms with van der Waals surface area (Å²) in [4.78, 5) is 11.7. The zero-order chi connectivity index (χ0) is 12.3. The quantitative estimate of drug-likeness (QED) is 0.661. The predicted molar refractivity (Wildman–Crippen MR) is 66.4 cm³/mol. The van der Waals surface area contributed by atoms with Gasteiger partial charge in [0.15, 0.2) is 0 Å². The molecule has 1 aromatic carbocycles. The van der Waals surface area contributed by atoms with E-state index in [9.17, 15) is 4.79 Å². The molecule has 1 aromatic rings. The third kappa shape index (κ3) is 2.97. The number of anilines is 1. The van der Waals surface area contributed by atoms with E-state index in [4.69, 9.17) is 10.8 Å². The Bertz CT molecular complexity index is 414. The molecule has 4 nitrogen and oxygen atoms in total. The molecule has 92 valence electrons. The molecule has 0 saturated heterocycles. The van der Waals surface area contributed by atoms with Crippen molar-refractivity contribution >= 4 is 11.6 Å². The average molecular weight is 234 g/mol. The summed E-state index contributed by atoms with van der Waals surface area (Å²) in [6, 6.07) is 7.56. The van der Waals surface area contributed by atoms with Crippen LogP contribution in [0.2, 0.25) is 0 Å². The standard InChI is InChI=1S/C13H18N2O2/c14-11-4-2-1-3-10(11)5-6-12(17)15-13(9-16)7-8-13/h1-4,16H,5-9,14H2,(H,15,17). The second kappa shape index (κ2) is 4.75. The highest BCUT2D eigenvalue weighted by Crippen LogP contribution is 2.34. The molecule has 1 amide bonds. The molecule has 0 bridgehead atoms. The number of benzene rings is 1. The molecule has 0 heterocycles. The minimum absolute atomic E-state index is 0.0141. The van der Waals surface area contributed by atoms with Gasteiger partial charge in [-0.05, 0) is 30.9 Å².